The largest absolute Gasteiger partial charge is 0.327 e. The third kappa shape index (κ3) is 7.24. The Balaban J connectivity index is 2.29. The predicted molar refractivity (Wildman–Crippen MR) is 88.1 cm³/mol. The Labute approximate surface area is 127 Å². The van der Waals surface area contributed by atoms with E-state index in [0.29, 0.717) is 6.04 Å². The van der Waals surface area contributed by atoms with Crippen molar-refractivity contribution in [2.75, 3.05) is 5.75 Å². The van der Waals surface area contributed by atoms with Crippen LogP contribution in [0.5, 0.6) is 0 Å². The second-order valence-corrected chi connectivity index (χ2v) is 6.71. The lowest BCUT2D eigenvalue weighted by Gasteiger charge is -2.19. The topological polar surface area (TPSA) is 26.0 Å². The highest BCUT2D eigenvalue weighted by atomic mass is 35.5. The smallest absolute Gasteiger partial charge is 0.0406 e. The van der Waals surface area contributed by atoms with E-state index in [9.17, 15) is 0 Å². The fraction of sp³-hybridized carbons (Fsp3) is 0.625. The van der Waals surface area contributed by atoms with Gasteiger partial charge in [-0.3, -0.25) is 0 Å². The molecule has 1 aromatic rings. The molecule has 2 unspecified atom stereocenters. The van der Waals surface area contributed by atoms with Crippen molar-refractivity contribution in [2.24, 2.45) is 11.7 Å². The molecule has 0 aliphatic rings. The molecule has 2 N–H and O–H groups in total. The van der Waals surface area contributed by atoms with Crippen molar-refractivity contribution in [3.05, 3.63) is 29.3 Å². The number of benzene rings is 1. The molecule has 0 spiro atoms. The van der Waals surface area contributed by atoms with Gasteiger partial charge in [0.25, 0.3) is 0 Å². The first-order valence-corrected chi connectivity index (χ1v) is 8.66. The molecule has 2 atom stereocenters. The number of unbranched alkanes of at least 4 members (excludes halogenated alkanes) is 1. The van der Waals surface area contributed by atoms with Crippen molar-refractivity contribution in [2.45, 2.75) is 56.9 Å². The lowest BCUT2D eigenvalue weighted by molar-refractivity contribution is 0.396. The monoisotopic (exact) mass is 299 g/mol. The summed E-state index contributed by atoms with van der Waals surface area (Å²) < 4.78 is 0. The average Bonchev–Trinajstić information content (AvgIpc) is 2.42. The highest BCUT2D eigenvalue weighted by molar-refractivity contribution is 7.99. The molecular weight excluding hydrogens is 274 g/mol. The van der Waals surface area contributed by atoms with E-state index in [1.807, 2.05) is 23.9 Å². The van der Waals surface area contributed by atoms with Gasteiger partial charge in [0.2, 0.25) is 0 Å². The van der Waals surface area contributed by atoms with Crippen LogP contribution in [0.1, 0.15) is 46.0 Å². The summed E-state index contributed by atoms with van der Waals surface area (Å²) in [5.41, 5.74) is 6.25. The summed E-state index contributed by atoms with van der Waals surface area (Å²) in [6.45, 7) is 4.53. The SMILES string of the molecule is CCCCC(CC)CC(N)CSc1ccc(Cl)cc1. The maximum absolute atomic E-state index is 6.25. The Hall–Kier alpha value is -0.180. The zero-order valence-corrected chi connectivity index (χ0v) is 13.6. The molecule has 1 rings (SSSR count). The van der Waals surface area contributed by atoms with E-state index in [1.165, 1.54) is 30.6 Å². The van der Waals surface area contributed by atoms with Crippen LogP contribution < -0.4 is 5.73 Å². The molecule has 0 aliphatic heterocycles. The van der Waals surface area contributed by atoms with Crippen LogP contribution in [0.25, 0.3) is 0 Å². The lowest BCUT2D eigenvalue weighted by Crippen LogP contribution is -2.26. The van der Waals surface area contributed by atoms with E-state index in [0.717, 1.165) is 23.1 Å². The van der Waals surface area contributed by atoms with E-state index in [2.05, 4.69) is 26.0 Å². The van der Waals surface area contributed by atoms with Gasteiger partial charge in [-0.2, -0.15) is 0 Å². The summed E-state index contributed by atoms with van der Waals surface area (Å²) in [5, 5.41) is 0.791. The number of thioether (sulfide) groups is 1. The molecule has 0 amide bonds. The van der Waals surface area contributed by atoms with Crippen molar-refractivity contribution in [3.8, 4) is 0 Å². The molecule has 0 heterocycles. The molecule has 0 radical (unpaired) electrons. The first kappa shape index (κ1) is 16.9. The van der Waals surface area contributed by atoms with Gasteiger partial charge in [0.1, 0.15) is 0 Å². The molecule has 0 saturated carbocycles. The van der Waals surface area contributed by atoms with Crippen LogP contribution in [0.15, 0.2) is 29.2 Å². The van der Waals surface area contributed by atoms with E-state index in [-0.39, 0.29) is 0 Å². The van der Waals surface area contributed by atoms with Crippen LogP contribution in [0.4, 0.5) is 0 Å². The fourth-order valence-corrected chi connectivity index (χ4v) is 3.21. The molecule has 0 fully saturated rings. The van der Waals surface area contributed by atoms with E-state index in [1.54, 1.807) is 0 Å². The highest BCUT2D eigenvalue weighted by Crippen LogP contribution is 2.24. The van der Waals surface area contributed by atoms with Crippen molar-refractivity contribution in [1.29, 1.82) is 0 Å². The second kappa shape index (κ2) is 9.68. The van der Waals surface area contributed by atoms with Gasteiger partial charge in [-0.1, -0.05) is 51.1 Å². The van der Waals surface area contributed by atoms with Gasteiger partial charge in [-0.25, -0.2) is 0 Å². The average molecular weight is 300 g/mol. The summed E-state index contributed by atoms with van der Waals surface area (Å²) in [6.07, 6.45) is 6.34. The number of hydrogen-bond acceptors (Lipinski definition) is 2. The molecule has 1 aromatic carbocycles. The molecule has 108 valence electrons. The summed E-state index contributed by atoms with van der Waals surface area (Å²) in [6, 6.07) is 8.29. The van der Waals surface area contributed by atoms with Gasteiger partial charge in [-0.05, 0) is 36.6 Å². The van der Waals surface area contributed by atoms with Crippen LogP contribution in [0.2, 0.25) is 5.02 Å². The minimum atomic E-state index is 0.294. The van der Waals surface area contributed by atoms with E-state index >= 15 is 0 Å². The molecule has 3 heteroatoms. The summed E-state index contributed by atoms with van der Waals surface area (Å²) in [4.78, 5) is 1.25. The maximum atomic E-state index is 6.25. The Morgan fingerprint density at radius 2 is 1.89 bits per heavy atom. The van der Waals surface area contributed by atoms with Gasteiger partial charge in [0.05, 0.1) is 0 Å². The molecule has 19 heavy (non-hydrogen) atoms. The predicted octanol–water partition coefficient (Wildman–Crippen LogP) is 5.37. The highest BCUT2D eigenvalue weighted by Gasteiger charge is 2.12. The van der Waals surface area contributed by atoms with Gasteiger partial charge in [-0.15, -0.1) is 11.8 Å². The zero-order chi connectivity index (χ0) is 14.1. The minimum absolute atomic E-state index is 0.294. The number of halogens is 1. The van der Waals surface area contributed by atoms with Crippen molar-refractivity contribution < 1.29 is 0 Å². The minimum Gasteiger partial charge on any atom is -0.327 e. The number of rotatable bonds is 9. The van der Waals surface area contributed by atoms with Crippen LogP contribution in [0, 0.1) is 5.92 Å². The molecule has 0 bridgehead atoms. The fourth-order valence-electron chi connectivity index (χ4n) is 2.21. The number of nitrogens with two attached hydrogens (primary N) is 1. The van der Waals surface area contributed by atoms with Crippen LogP contribution in [-0.2, 0) is 0 Å². The molecule has 1 nitrogen and oxygen atoms in total. The lowest BCUT2D eigenvalue weighted by atomic mass is 9.93. The Bertz CT molecular complexity index is 339. The standard InChI is InChI=1S/C16H26ClNS/c1-3-5-6-13(4-2)11-15(18)12-19-16-9-7-14(17)8-10-16/h7-10,13,15H,3-6,11-12,18H2,1-2H3. The number of hydrogen-bond donors (Lipinski definition) is 1. The van der Waals surface area contributed by atoms with Gasteiger partial charge < -0.3 is 5.73 Å². The van der Waals surface area contributed by atoms with Gasteiger partial charge in [0, 0.05) is 21.7 Å². The normalized spacial score (nSPS) is 14.3. The summed E-state index contributed by atoms with van der Waals surface area (Å²) >= 11 is 7.71. The molecular formula is C16H26ClNS. The summed E-state index contributed by atoms with van der Waals surface area (Å²) in [7, 11) is 0. The Morgan fingerprint density at radius 1 is 1.21 bits per heavy atom. The van der Waals surface area contributed by atoms with E-state index < -0.39 is 0 Å². The third-order valence-corrected chi connectivity index (χ3v) is 4.91. The summed E-state index contributed by atoms with van der Waals surface area (Å²) in [5.74, 6) is 1.78. The second-order valence-electron chi connectivity index (χ2n) is 5.18. The Kier molecular flexibility index (Phi) is 8.60. The van der Waals surface area contributed by atoms with Crippen LogP contribution >= 0.6 is 23.4 Å². The molecule has 0 saturated heterocycles. The van der Waals surface area contributed by atoms with Crippen LogP contribution in [-0.4, -0.2) is 11.8 Å². The zero-order valence-electron chi connectivity index (χ0n) is 12.1. The third-order valence-electron chi connectivity index (χ3n) is 3.46. The van der Waals surface area contributed by atoms with E-state index in [4.69, 9.17) is 17.3 Å². The van der Waals surface area contributed by atoms with Crippen LogP contribution in [0.3, 0.4) is 0 Å². The van der Waals surface area contributed by atoms with Crippen molar-refractivity contribution in [3.63, 3.8) is 0 Å². The van der Waals surface area contributed by atoms with Gasteiger partial charge in [0.15, 0.2) is 0 Å². The first-order valence-electron chi connectivity index (χ1n) is 7.29. The first-order chi connectivity index (χ1) is 9.15. The quantitative estimate of drug-likeness (QED) is 0.621. The molecule has 0 aromatic heterocycles. The van der Waals surface area contributed by atoms with Gasteiger partial charge >= 0.3 is 0 Å². The van der Waals surface area contributed by atoms with Crippen molar-refractivity contribution >= 4 is 23.4 Å². The molecule has 0 aliphatic carbocycles. The Morgan fingerprint density at radius 3 is 2.47 bits per heavy atom. The maximum Gasteiger partial charge on any atom is 0.0406 e. The van der Waals surface area contributed by atoms with Crippen molar-refractivity contribution in [1.82, 2.24) is 0 Å².